The van der Waals surface area contributed by atoms with Crippen LogP contribution >= 0.6 is 32.0 Å². The van der Waals surface area contributed by atoms with E-state index in [2.05, 4.69) is 0 Å². The highest BCUT2D eigenvalue weighted by atomic mass is 33.5. The predicted octanol–water partition coefficient (Wildman–Crippen LogP) is 4.17. The van der Waals surface area contributed by atoms with Crippen LogP contribution in [0.2, 0.25) is 0 Å². The number of para-hydroxylation sites is 4. The number of nitrogen functional groups attached to an aromatic ring is 2. The van der Waals surface area contributed by atoms with Crippen LogP contribution in [0.4, 0.5) is 11.4 Å². The molecule has 0 aliphatic carbocycles. The van der Waals surface area contributed by atoms with Crippen molar-refractivity contribution in [2.24, 2.45) is 0 Å². The number of rotatable bonds is 6. The highest BCUT2D eigenvalue weighted by molar-refractivity contribution is 9.07. The van der Waals surface area contributed by atoms with Gasteiger partial charge in [0.2, 0.25) is 0 Å². The standard InChI is InChI=1S/C12H12N2O2S3/c13-9-5-1-3-7-11(9)15-17-19-18-16-12-8-4-2-6-10(12)14/h1-8H,13-14H2. The number of nitrogens with two attached hydrogens (primary N) is 2. The summed E-state index contributed by atoms with van der Waals surface area (Å²) in [7, 11) is 1.34. The van der Waals surface area contributed by atoms with Gasteiger partial charge in [0.05, 0.1) is 21.2 Å². The molecule has 0 radical (unpaired) electrons. The molecule has 4 N–H and O–H groups in total. The molecule has 19 heavy (non-hydrogen) atoms. The van der Waals surface area contributed by atoms with Gasteiger partial charge in [-0.1, -0.05) is 24.3 Å². The number of hydrogen-bond acceptors (Lipinski definition) is 7. The first-order chi connectivity index (χ1) is 9.27. The van der Waals surface area contributed by atoms with Gasteiger partial charge in [-0.15, -0.1) is 0 Å². The zero-order valence-corrected chi connectivity index (χ0v) is 12.3. The molecule has 2 rings (SSSR count). The Balaban J connectivity index is 1.71. The SMILES string of the molecule is Nc1ccccc1OSSSOc1ccccc1N. The minimum atomic E-state index is 0.605. The van der Waals surface area contributed by atoms with Crippen LogP contribution < -0.4 is 19.8 Å². The van der Waals surface area contributed by atoms with Crippen molar-refractivity contribution in [1.82, 2.24) is 0 Å². The summed E-state index contributed by atoms with van der Waals surface area (Å²) in [5, 5.41) is 0. The monoisotopic (exact) mass is 312 g/mol. The largest absolute Gasteiger partial charge is 0.411 e. The number of anilines is 2. The fourth-order valence-electron chi connectivity index (χ4n) is 1.23. The molecule has 7 heteroatoms. The Morgan fingerprint density at radius 1 is 0.684 bits per heavy atom. The van der Waals surface area contributed by atoms with Crippen LogP contribution in [0.3, 0.4) is 0 Å². The van der Waals surface area contributed by atoms with Gasteiger partial charge in [-0.3, -0.25) is 0 Å². The van der Waals surface area contributed by atoms with Crippen molar-refractivity contribution < 1.29 is 8.37 Å². The predicted molar refractivity (Wildman–Crippen MR) is 85.7 cm³/mol. The number of benzene rings is 2. The molecule has 0 saturated heterocycles. The van der Waals surface area contributed by atoms with Gasteiger partial charge in [0.15, 0.2) is 11.5 Å². The average molecular weight is 312 g/mol. The Morgan fingerprint density at radius 2 is 1.11 bits per heavy atom. The second kappa shape index (κ2) is 7.32. The van der Waals surface area contributed by atoms with Crippen LogP contribution in [-0.4, -0.2) is 0 Å². The molecular formula is C12H12N2O2S3. The molecular weight excluding hydrogens is 300 g/mol. The van der Waals surface area contributed by atoms with Crippen molar-refractivity contribution in [3.63, 3.8) is 0 Å². The maximum absolute atomic E-state index is 5.74. The quantitative estimate of drug-likeness (QED) is 0.359. The van der Waals surface area contributed by atoms with Crippen molar-refractivity contribution in [3.05, 3.63) is 48.5 Å². The van der Waals surface area contributed by atoms with E-state index in [-0.39, 0.29) is 0 Å². The maximum Gasteiger partial charge on any atom is 0.161 e. The Hall–Kier alpha value is -1.31. The van der Waals surface area contributed by atoms with Gasteiger partial charge in [0, 0.05) is 0 Å². The molecule has 0 saturated carbocycles. The smallest absolute Gasteiger partial charge is 0.161 e. The van der Waals surface area contributed by atoms with Gasteiger partial charge in [-0.2, -0.15) is 0 Å². The Labute approximate surface area is 123 Å². The molecule has 0 fully saturated rings. The highest BCUT2D eigenvalue weighted by Gasteiger charge is 2.03. The zero-order valence-electron chi connectivity index (χ0n) is 9.81. The Kier molecular flexibility index (Phi) is 5.44. The van der Waals surface area contributed by atoms with Crippen LogP contribution in [0, 0.1) is 0 Å². The molecule has 0 aliphatic rings. The van der Waals surface area contributed by atoms with E-state index in [1.807, 2.05) is 36.4 Å². The molecule has 0 bridgehead atoms. The zero-order chi connectivity index (χ0) is 13.5. The summed E-state index contributed by atoms with van der Waals surface area (Å²) < 4.78 is 10.9. The lowest BCUT2D eigenvalue weighted by Gasteiger charge is -2.06. The molecule has 0 aliphatic heterocycles. The van der Waals surface area contributed by atoms with E-state index in [0.29, 0.717) is 22.9 Å². The lowest BCUT2D eigenvalue weighted by molar-refractivity contribution is 0.657. The van der Waals surface area contributed by atoms with E-state index in [1.54, 1.807) is 12.1 Å². The van der Waals surface area contributed by atoms with Crippen molar-refractivity contribution in [1.29, 1.82) is 0 Å². The third kappa shape index (κ3) is 4.38. The summed E-state index contributed by atoms with van der Waals surface area (Å²) in [6.07, 6.45) is 0. The average Bonchev–Trinajstić information content (AvgIpc) is 2.42. The van der Waals surface area contributed by atoms with Crippen molar-refractivity contribution in [2.75, 3.05) is 11.5 Å². The first-order valence-corrected chi connectivity index (χ1v) is 8.64. The summed E-state index contributed by atoms with van der Waals surface area (Å²) in [6, 6.07) is 14.6. The van der Waals surface area contributed by atoms with Crippen molar-refractivity contribution >= 4 is 43.4 Å². The van der Waals surface area contributed by atoms with Crippen molar-refractivity contribution in [3.8, 4) is 11.5 Å². The van der Waals surface area contributed by atoms with E-state index in [1.165, 1.54) is 32.0 Å². The fourth-order valence-corrected chi connectivity index (χ4v) is 3.13. The molecule has 100 valence electrons. The molecule has 0 amide bonds. The second-order valence-electron chi connectivity index (χ2n) is 3.45. The molecule has 0 atom stereocenters. The maximum atomic E-state index is 5.74. The summed E-state index contributed by atoms with van der Waals surface area (Å²) in [5.74, 6) is 1.28. The molecule has 0 aromatic heterocycles. The minimum absolute atomic E-state index is 0.605. The summed E-state index contributed by atoms with van der Waals surface area (Å²) in [6.45, 7) is 0. The second-order valence-corrected chi connectivity index (χ2v) is 6.64. The van der Waals surface area contributed by atoms with Gasteiger partial charge < -0.3 is 19.8 Å². The van der Waals surface area contributed by atoms with Gasteiger partial charge in [-0.05, 0) is 24.3 Å². The van der Waals surface area contributed by atoms with Gasteiger partial charge in [0.25, 0.3) is 0 Å². The third-order valence-electron chi connectivity index (χ3n) is 2.14. The lowest BCUT2D eigenvalue weighted by Crippen LogP contribution is -1.89. The van der Waals surface area contributed by atoms with E-state index in [9.17, 15) is 0 Å². The third-order valence-corrected chi connectivity index (χ3v) is 4.49. The van der Waals surface area contributed by atoms with Crippen LogP contribution in [0.5, 0.6) is 11.5 Å². The van der Waals surface area contributed by atoms with Crippen LogP contribution in [0.15, 0.2) is 48.5 Å². The van der Waals surface area contributed by atoms with E-state index in [4.69, 9.17) is 19.8 Å². The van der Waals surface area contributed by atoms with E-state index >= 15 is 0 Å². The number of hydrogen-bond donors (Lipinski definition) is 2. The molecule has 0 unspecified atom stereocenters. The summed E-state index contributed by atoms with van der Waals surface area (Å²) in [4.78, 5) is 0. The first-order valence-electron chi connectivity index (χ1n) is 5.31. The Morgan fingerprint density at radius 3 is 1.53 bits per heavy atom. The van der Waals surface area contributed by atoms with Crippen LogP contribution in [0.25, 0.3) is 0 Å². The summed E-state index contributed by atoms with van der Waals surface area (Å²) in [5.41, 5.74) is 12.7. The van der Waals surface area contributed by atoms with Crippen LogP contribution in [-0.2, 0) is 0 Å². The van der Waals surface area contributed by atoms with Gasteiger partial charge >= 0.3 is 0 Å². The van der Waals surface area contributed by atoms with Gasteiger partial charge in [0.1, 0.15) is 22.1 Å². The normalized spacial score (nSPS) is 10.1. The van der Waals surface area contributed by atoms with E-state index < -0.39 is 0 Å². The highest BCUT2D eigenvalue weighted by Crippen LogP contribution is 2.39. The lowest BCUT2D eigenvalue weighted by atomic mass is 10.3. The minimum Gasteiger partial charge on any atom is -0.411 e. The van der Waals surface area contributed by atoms with Gasteiger partial charge in [-0.25, -0.2) is 0 Å². The molecule has 0 spiro atoms. The molecule has 4 nitrogen and oxygen atoms in total. The van der Waals surface area contributed by atoms with E-state index in [0.717, 1.165) is 0 Å². The molecule has 0 heterocycles. The van der Waals surface area contributed by atoms with Crippen LogP contribution in [0.1, 0.15) is 0 Å². The van der Waals surface area contributed by atoms with Crippen molar-refractivity contribution in [2.45, 2.75) is 0 Å². The first kappa shape index (κ1) is 14.1. The topological polar surface area (TPSA) is 70.5 Å². The molecule has 2 aromatic carbocycles. The summed E-state index contributed by atoms with van der Waals surface area (Å²) >= 11 is 2.36. The Bertz CT molecular complexity index is 492. The molecule has 2 aromatic rings. The fraction of sp³-hybridized carbons (Fsp3) is 0.